The molecule has 0 aliphatic heterocycles. The number of carbonyl (C=O) groups is 1. The van der Waals surface area contributed by atoms with E-state index in [1.165, 1.54) is 0 Å². The highest BCUT2D eigenvalue weighted by Crippen LogP contribution is 2.27. The summed E-state index contributed by atoms with van der Waals surface area (Å²) in [6.07, 6.45) is 3.54. The molecule has 0 saturated heterocycles. The number of nitrogens with one attached hydrogen (secondary N) is 3. The summed E-state index contributed by atoms with van der Waals surface area (Å²) in [5.41, 5.74) is 2.93. The Bertz CT molecular complexity index is 943. The number of para-hydroxylation sites is 2. The molecule has 30 heavy (non-hydrogen) atoms. The highest BCUT2D eigenvalue weighted by atomic mass is 32.2. The second kappa shape index (κ2) is 10.8. The van der Waals surface area contributed by atoms with Crippen molar-refractivity contribution in [3.05, 3.63) is 53.9 Å². The molecule has 1 atom stereocenters. The van der Waals surface area contributed by atoms with E-state index in [9.17, 15) is 4.79 Å². The van der Waals surface area contributed by atoms with Crippen LogP contribution in [0.3, 0.4) is 0 Å². The van der Waals surface area contributed by atoms with Gasteiger partial charge in [-0.15, -0.1) is 0 Å². The molecule has 3 rings (SSSR count). The molecule has 1 heterocycles. The summed E-state index contributed by atoms with van der Waals surface area (Å²) in [4.78, 5) is 20.5. The van der Waals surface area contributed by atoms with Crippen LogP contribution in [0.25, 0.3) is 11.0 Å². The van der Waals surface area contributed by atoms with E-state index in [1.807, 2.05) is 42.5 Å². The summed E-state index contributed by atoms with van der Waals surface area (Å²) >= 11 is 1.74. The number of benzene rings is 2. The molecule has 7 nitrogen and oxygen atoms in total. The van der Waals surface area contributed by atoms with Gasteiger partial charge in [-0.1, -0.05) is 18.2 Å². The lowest BCUT2D eigenvalue weighted by Gasteiger charge is -2.17. The smallest absolute Gasteiger partial charge is 0.315 e. The van der Waals surface area contributed by atoms with Crippen LogP contribution < -0.4 is 20.1 Å². The SMILES string of the molecule is COc1ccc(CCNC(=O)N[C@@H](CCSC)c2nc3ccccc3[nH]2)cc1OC. The largest absolute Gasteiger partial charge is 0.493 e. The van der Waals surface area contributed by atoms with Crippen LogP contribution >= 0.6 is 11.8 Å². The van der Waals surface area contributed by atoms with Gasteiger partial charge < -0.3 is 25.1 Å². The van der Waals surface area contributed by atoms with E-state index in [1.54, 1.807) is 26.0 Å². The third-order valence-corrected chi connectivity index (χ3v) is 5.44. The summed E-state index contributed by atoms with van der Waals surface area (Å²) in [6, 6.07) is 13.3. The van der Waals surface area contributed by atoms with Crippen molar-refractivity contribution in [2.75, 3.05) is 32.8 Å². The van der Waals surface area contributed by atoms with Gasteiger partial charge in [0.2, 0.25) is 0 Å². The molecule has 2 amide bonds. The van der Waals surface area contributed by atoms with Gasteiger partial charge in [-0.3, -0.25) is 0 Å². The fraction of sp³-hybridized carbons (Fsp3) is 0.364. The van der Waals surface area contributed by atoms with Crippen LogP contribution in [-0.4, -0.2) is 48.8 Å². The number of hydrogen-bond acceptors (Lipinski definition) is 5. The number of nitrogens with zero attached hydrogens (tertiary/aromatic N) is 1. The van der Waals surface area contributed by atoms with Gasteiger partial charge in [-0.2, -0.15) is 11.8 Å². The summed E-state index contributed by atoms with van der Waals surface area (Å²) in [6.45, 7) is 0.511. The molecule has 2 aromatic carbocycles. The number of hydrogen-bond donors (Lipinski definition) is 3. The maximum atomic E-state index is 12.5. The predicted octanol–water partition coefficient (Wildman–Crippen LogP) is 3.92. The molecule has 0 unspecified atom stereocenters. The van der Waals surface area contributed by atoms with Crippen LogP contribution in [0.2, 0.25) is 0 Å². The number of aromatic amines is 1. The fourth-order valence-electron chi connectivity index (χ4n) is 3.22. The van der Waals surface area contributed by atoms with Crippen LogP contribution in [-0.2, 0) is 6.42 Å². The van der Waals surface area contributed by atoms with E-state index in [0.717, 1.165) is 34.6 Å². The molecule has 0 fully saturated rings. The Morgan fingerprint density at radius 3 is 2.70 bits per heavy atom. The number of thioether (sulfide) groups is 1. The van der Waals surface area contributed by atoms with Gasteiger partial charge in [0.05, 0.1) is 31.3 Å². The number of urea groups is 1. The van der Waals surface area contributed by atoms with Gasteiger partial charge >= 0.3 is 6.03 Å². The average molecular weight is 429 g/mol. The molecule has 0 bridgehead atoms. The fourth-order valence-corrected chi connectivity index (χ4v) is 3.69. The Morgan fingerprint density at radius 2 is 1.97 bits per heavy atom. The standard InChI is InChI=1S/C22H28N4O3S/c1-28-19-9-8-15(14-20(19)29-2)10-12-23-22(27)26-18(11-13-30-3)21-24-16-6-4-5-7-17(16)25-21/h4-9,14,18H,10-13H2,1-3H3,(H,24,25)(H2,23,26,27)/t18-/m0/s1. The number of H-pyrrole nitrogens is 1. The van der Waals surface area contributed by atoms with Crippen molar-refractivity contribution in [3.8, 4) is 11.5 Å². The summed E-state index contributed by atoms with van der Waals surface area (Å²) < 4.78 is 10.6. The lowest BCUT2D eigenvalue weighted by Crippen LogP contribution is -2.39. The first kappa shape index (κ1) is 21.8. The number of ether oxygens (including phenoxy) is 2. The number of methoxy groups -OCH3 is 2. The zero-order valence-electron chi connectivity index (χ0n) is 17.5. The number of imidazole rings is 1. The zero-order chi connectivity index (χ0) is 21.3. The van der Waals surface area contributed by atoms with Crippen LogP contribution in [0.1, 0.15) is 23.9 Å². The Balaban J connectivity index is 1.58. The third-order valence-electron chi connectivity index (χ3n) is 4.80. The van der Waals surface area contributed by atoms with Crippen molar-refractivity contribution in [2.45, 2.75) is 18.9 Å². The minimum atomic E-state index is -0.206. The molecule has 3 aromatic rings. The minimum absolute atomic E-state index is 0.175. The Morgan fingerprint density at radius 1 is 1.17 bits per heavy atom. The van der Waals surface area contributed by atoms with Gasteiger partial charge in [0.1, 0.15) is 5.82 Å². The van der Waals surface area contributed by atoms with Crippen molar-refractivity contribution >= 4 is 28.8 Å². The molecule has 0 saturated carbocycles. The number of aromatic nitrogens is 2. The maximum Gasteiger partial charge on any atom is 0.315 e. The van der Waals surface area contributed by atoms with E-state index in [4.69, 9.17) is 9.47 Å². The second-order valence-electron chi connectivity index (χ2n) is 6.81. The van der Waals surface area contributed by atoms with Crippen molar-refractivity contribution in [1.29, 1.82) is 0 Å². The monoisotopic (exact) mass is 428 g/mol. The Labute approximate surface area is 180 Å². The second-order valence-corrected chi connectivity index (χ2v) is 7.80. The highest BCUT2D eigenvalue weighted by molar-refractivity contribution is 7.98. The van der Waals surface area contributed by atoms with Crippen LogP contribution in [0.5, 0.6) is 11.5 Å². The van der Waals surface area contributed by atoms with E-state index in [-0.39, 0.29) is 12.1 Å². The molecule has 1 aromatic heterocycles. The lowest BCUT2D eigenvalue weighted by molar-refractivity contribution is 0.236. The van der Waals surface area contributed by atoms with Gasteiger partial charge in [0.25, 0.3) is 0 Å². The average Bonchev–Trinajstić information content (AvgIpc) is 3.20. The topological polar surface area (TPSA) is 88.3 Å². The molecule has 0 radical (unpaired) electrons. The normalized spacial score (nSPS) is 11.8. The van der Waals surface area contributed by atoms with Gasteiger partial charge in [-0.05, 0) is 54.7 Å². The van der Waals surface area contributed by atoms with E-state index >= 15 is 0 Å². The summed E-state index contributed by atoms with van der Waals surface area (Å²) in [5.74, 6) is 3.07. The van der Waals surface area contributed by atoms with Crippen molar-refractivity contribution in [1.82, 2.24) is 20.6 Å². The predicted molar refractivity (Wildman–Crippen MR) is 122 cm³/mol. The summed E-state index contributed by atoms with van der Waals surface area (Å²) in [5, 5.41) is 5.99. The molecule has 3 N–H and O–H groups in total. The molecular formula is C22H28N4O3S. The molecule has 8 heteroatoms. The molecule has 160 valence electrons. The van der Waals surface area contributed by atoms with Gasteiger partial charge in [0, 0.05) is 6.54 Å². The molecule has 0 spiro atoms. The first-order chi connectivity index (χ1) is 14.6. The van der Waals surface area contributed by atoms with Crippen molar-refractivity contribution in [3.63, 3.8) is 0 Å². The first-order valence-electron chi connectivity index (χ1n) is 9.83. The van der Waals surface area contributed by atoms with E-state index in [0.29, 0.717) is 24.5 Å². The third kappa shape index (κ3) is 5.60. The van der Waals surface area contributed by atoms with Gasteiger partial charge in [-0.25, -0.2) is 9.78 Å². The first-order valence-corrected chi connectivity index (χ1v) is 11.2. The van der Waals surface area contributed by atoms with Crippen LogP contribution in [0.15, 0.2) is 42.5 Å². The quantitative estimate of drug-likeness (QED) is 0.456. The highest BCUT2D eigenvalue weighted by Gasteiger charge is 2.18. The Kier molecular flexibility index (Phi) is 7.84. The molecule has 0 aliphatic rings. The lowest BCUT2D eigenvalue weighted by atomic mass is 10.1. The summed E-state index contributed by atoms with van der Waals surface area (Å²) in [7, 11) is 3.22. The molecular weight excluding hydrogens is 400 g/mol. The van der Waals surface area contributed by atoms with Crippen LogP contribution in [0, 0.1) is 0 Å². The maximum absolute atomic E-state index is 12.5. The minimum Gasteiger partial charge on any atom is -0.493 e. The van der Waals surface area contributed by atoms with Crippen LogP contribution in [0.4, 0.5) is 4.79 Å². The number of fused-ring (bicyclic) bond motifs is 1. The molecule has 0 aliphatic carbocycles. The number of amides is 2. The van der Waals surface area contributed by atoms with Gasteiger partial charge in [0.15, 0.2) is 11.5 Å². The van der Waals surface area contributed by atoms with Crippen molar-refractivity contribution in [2.24, 2.45) is 0 Å². The van der Waals surface area contributed by atoms with E-state index < -0.39 is 0 Å². The number of carbonyl (C=O) groups excluding carboxylic acids is 1. The number of rotatable bonds is 10. The van der Waals surface area contributed by atoms with E-state index in [2.05, 4.69) is 26.9 Å². The Hall–Kier alpha value is -2.87. The van der Waals surface area contributed by atoms with Crippen molar-refractivity contribution < 1.29 is 14.3 Å². The zero-order valence-corrected chi connectivity index (χ0v) is 18.3.